The molecule has 2 unspecified atom stereocenters. The van der Waals surface area contributed by atoms with Gasteiger partial charge < -0.3 is 10.1 Å². The van der Waals surface area contributed by atoms with Gasteiger partial charge in [-0.2, -0.15) is 0 Å². The van der Waals surface area contributed by atoms with E-state index in [9.17, 15) is 0 Å². The number of rotatable bonds is 3. The minimum absolute atomic E-state index is 0.234. The molecule has 0 spiro atoms. The van der Waals surface area contributed by atoms with E-state index in [4.69, 9.17) is 16.3 Å². The standard InChI is InChI=1S/C12H18ClN3O/c1-8(2)11-9(4-3-7-17-11)15-10-5-6-14-12(13)16-10/h5-6,8-9,11H,3-4,7H2,1-2H3,(H,14,15,16). The quantitative estimate of drug-likeness (QED) is 0.844. The van der Waals surface area contributed by atoms with E-state index in [1.165, 1.54) is 0 Å². The highest BCUT2D eigenvalue weighted by molar-refractivity contribution is 6.28. The fourth-order valence-electron chi connectivity index (χ4n) is 2.22. The SMILES string of the molecule is CC(C)C1OCCCC1Nc1ccnc(Cl)n1. The Hall–Kier alpha value is -0.870. The Balaban J connectivity index is 2.05. The number of nitrogens with zero attached hydrogens (tertiary/aromatic N) is 2. The predicted octanol–water partition coefficient (Wildman–Crippen LogP) is 2.75. The van der Waals surface area contributed by atoms with Crippen LogP contribution in [0.15, 0.2) is 12.3 Å². The average Bonchev–Trinajstić information content (AvgIpc) is 2.29. The van der Waals surface area contributed by atoms with E-state index in [1.807, 2.05) is 6.07 Å². The molecule has 0 saturated carbocycles. The Morgan fingerprint density at radius 3 is 3.06 bits per heavy atom. The largest absolute Gasteiger partial charge is 0.376 e. The second kappa shape index (κ2) is 5.65. The van der Waals surface area contributed by atoms with Gasteiger partial charge in [-0.15, -0.1) is 0 Å². The average molecular weight is 256 g/mol. The zero-order valence-electron chi connectivity index (χ0n) is 10.2. The van der Waals surface area contributed by atoms with Gasteiger partial charge in [-0.3, -0.25) is 0 Å². The molecule has 1 N–H and O–H groups in total. The Morgan fingerprint density at radius 1 is 1.53 bits per heavy atom. The molecule has 1 aromatic rings. The molecule has 1 saturated heterocycles. The van der Waals surface area contributed by atoms with Crippen molar-refractivity contribution in [1.29, 1.82) is 0 Å². The normalized spacial score (nSPS) is 24.9. The van der Waals surface area contributed by atoms with Crippen molar-refractivity contribution < 1.29 is 4.74 Å². The summed E-state index contributed by atoms with van der Waals surface area (Å²) in [5, 5.41) is 3.66. The van der Waals surface area contributed by atoms with Crippen molar-refractivity contribution in [3.8, 4) is 0 Å². The number of hydrogen-bond acceptors (Lipinski definition) is 4. The van der Waals surface area contributed by atoms with E-state index in [2.05, 4.69) is 29.1 Å². The molecule has 0 amide bonds. The third-order valence-corrected chi connectivity index (χ3v) is 3.16. The first kappa shape index (κ1) is 12.6. The van der Waals surface area contributed by atoms with Crippen LogP contribution in [0.25, 0.3) is 0 Å². The van der Waals surface area contributed by atoms with Crippen molar-refractivity contribution in [1.82, 2.24) is 9.97 Å². The van der Waals surface area contributed by atoms with E-state index in [1.54, 1.807) is 6.20 Å². The molecule has 1 aliphatic heterocycles. The van der Waals surface area contributed by atoms with Gasteiger partial charge in [0, 0.05) is 12.8 Å². The topological polar surface area (TPSA) is 47.0 Å². The fraction of sp³-hybridized carbons (Fsp3) is 0.667. The van der Waals surface area contributed by atoms with Gasteiger partial charge in [0.15, 0.2) is 0 Å². The number of hydrogen-bond donors (Lipinski definition) is 1. The van der Waals surface area contributed by atoms with E-state index in [0.717, 1.165) is 25.3 Å². The van der Waals surface area contributed by atoms with Crippen LogP contribution in [0.4, 0.5) is 5.82 Å². The number of halogens is 1. The van der Waals surface area contributed by atoms with E-state index >= 15 is 0 Å². The van der Waals surface area contributed by atoms with E-state index in [0.29, 0.717) is 12.0 Å². The van der Waals surface area contributed by atoms with Crippen molar-refractivity contribution in [2.24, 2.45) is 5.92 Å². The van der Waals surface area contributed by atoms with Crippen LogP contribution in [0.1, 0.15) is 26.7 Å². The Labute approximate surface area is 107 Å². The molecular weight excluding hydrogens is 238 g/mol. The summed E-state index contributed by atoms with van der Waals surface area (Å²) in [5.41, 5.74) is 0. The molecule has 17 heavy (non-hydrogen) atoms. The molecule has 1 fully saturated rings. The summed E-state index contributed by atoms with van der Waals surface area (Å²) in [6.07, 6.45) is 4.08. The first-order valence-corrected chi connectivity index (χ1v) is 6.41. The lowest BCUT2D eigenvalue weighted by atomic mass is 9.94. The Morgan fingerprint density at radius 2 is 2.35 bits per heavy atom. The number of ether oxygens (including phenoxy) is 1. The summed E-state index contributed by atoms with van der Waals surface area (Å²) < 4.78 is 5.82. The molecule has 0 radical (unpaired) electrons. The molecule has 2 atom stereocenters. The van der Waals surface area contributed by atoms with Crippen LogP contribution in [-0.2, 0) is 4.74 Å². The van der Waals surface area contributed by atoms with Gasteiger partial charge >= 0.3 is 0 Å². The molecule has 0 aliphatic carbocycles. The zero-order valence-corrected chi connectivity index (χ0v) is 10.9. The lowest BCUT2D eigenvalue weighted by molar-refractivity contribution is -0.0203. The molecule has 2 rings (SSSR count). The molecule has 2 heterocycles. The van der Waals surface area contributed by atoms with Crippen molar-refractivity contribution in [2.75, 3.05) is 11.9 Å². The van der Waals surface area contributed by atoms with Crippen molar-refractivity contribution in [2.45, 2.75) is 38.8 Å². The van der Waals surface area contributed by atoms with Gasteiger partial charge in [-0.25, -0.2) is 9.97 Å². The van der Waals surface area contributed by atoms with Crippen molar-refractivity contribution in [3.63, 3.8) is 0 Å². The van der Waals surface area contributed by atoms with E-state index < -0.39 is 0 Å². The molecule has 0 aromatic carbocycles. The number of anilines is 1. The summed E-state index contributed by atoms with van der Waals surface area (Å²) in [5.74, 6) is 1.26. The van der Waals surface area contributed by atoms with Crippen molar-refractivity contribution >= 4 is 17.4 Å². The summed E-state index contributed by atoms with van der Waals surface area (Å²) in [4.78, 5) is 8.02. The second-order valence-corrected chi connectivity index (χ2v) is 5.02. The first-order chi connectivity index (χ1) is 8.16. The highest BCUT2D eigenvalue weighted by Gasteiger charge is 2.28. The third kappa shape index (κ3) is 3.30. The third-order valence-electron chi connectivity index (χ3n) is 2.98. The monoisotopic (exact) mass is 255 g/mol. The molecule has 94 valence electrons. The Bertz CT molecular complexity index is 373. The van der Waals surface area contributed by atoms with Crippen LogP contribution in [0.2, 0.25) is 5.28 Å². The van der Waals surface area contributed by atoms with Gasteiger partial charge in [0.1, 0.15) is 5.82 Å². The number of aromatic nitrogens is 2. The van der Waals surface area contributed by atoms with Crippen LogP contribution in [0.5, 0.6) is 0 Å². The fourth-order valence-corrected chi connectivity index (χ4v) is 2.37. The molecular formula is C12H18ClN3O. The second-order valence-electron chi connectivity index (χ2n) is 4.68. The molecule has 1 aromatic heterocycles. The maximum Gasteiger partial charge on any atom is 0.224 e. The van der Waals surface area contributed by atoms with E-state index in [-0.39, 0.29) is 11.4 Å². The summed E-state index contributed by atoms with van der Waals surface area (Å²) >= 11 is 5.77. The molecule has 0 bridgehead atoms. The smallest absolute Gasteiger partial charge is 0.224 e. The maximum atomic E-state index is 5.82. The van der Waals surface area contributed by atoms with Crippen LogP contribution in [-0.4, -0.2) is 28.7 Å². The van der Waals surface area contributed by atoms with Crippen LogP contribution in [0.3, 0.4) is 0 Å². The lowest BCUT2D eigenvalue weighted by Gasteiger charge is -2.35. The van der Waals surface area contributed by atoms with Crippen molar-refractivity contribution in [3.05, 3.63) is 17.5 Å². The number of nitrogens with one attached hydrogen (secondary N) is 1. The van der Waals surface area contributed by atoms with Gasteiger partial charge in [-0.1, -0.05) is 13.8 Å². The van der Waals surface area contributed by atoms with Gasteiger partial charge in [0.2, 0.25) is 5.28 Å². The van der Waals surface area contributed by atoms with Crippen LogP contribution >= 0.6 is 11.6 Å². The molecule has 1 aliphatic rings. The van der Waals surface area contributed by atoms with Gasteiger partial charge in [0.25, 0.3) is 0 Å². The maximum absolute atomic E-state index is 5.82. The minimum Gasteiger partial charge on any atom is -0.376 e. The summed E-state index contributed by atoms with van der Waals surface area (Å²) in [6, 6.07) is 2.13. The highest BCUT2D eigenvalue weighted by Crippen LogP contribution is 2.23. The zero-order chi connectivity index (χ0) is 12.3. The Kier molecular flexibility index (Phi) is 4.18. The van der Waals surface area contributed by atoms with Gasteiger partial charge in [-0.05, 0) is 36.4 Å². The molecule has 4 nitrogen and oxygen atoms in total. The van der Waals surface area contributed by atoms with Gasteiger partial charge in [0.05, 0.1) is 12.1 Å². The van der Waals surface area contributed by atoms with Crippen LogP contribution in [0, 0.1) is 5.92 Å². The minimum atomic E-state index is 0.234. The highest BCUT2D eigenvalue weighted by atomic mass is 35.5. The first-order valence-electron chi connectivity index (χ1n) is 6.03. The summed E-state index contributed by atoms with van der Waals surface area (Å²) in [6.45, 7) is 5.21. The van der Waals surface area contributed by atoms with Crippen LogP contribution < -0.4 is 5.32 Å². The molecule has 5 heteroatoms. The summed E-state index contributed by atoms with van der Waals surface area (Å²) in [7, 11) is 0. The predicted molar refractivity (Wildman–Crippen MR) is 68.3 cm³/mol. The lowest BCUT2D eigenvalue weighted by Crippen LogP contribution is -2.43.